The van der Waals surface area contributed by atoms with E-state index in [-0.39, 0.29) is 0 Å². The van der Waals surface area contributed by atoms with Crippen LogP contribution >= 0.6 is 11.3 Å². The van der Waals surface area contributed by atoms with Crippen molar-refractivity contribution in [2.45, 2.75) is 45.6 Å². The van der Waals surface area contributed by atoms with E-state index in [1.165, 1.54) is 37.1 Å². The summed E-state index contributed by atoms with van der Waals surface area (Å²) >= 11 is 1.65. The first kappa shape index (κ1) is 18.3. The maximum Gasteiger partial charge on any atom is 0.146 e. The van der Waals surface area contributed by atoms with Crippen molar-refractivity contribution >= 4 is 19.4 Å². The number of benzene rings is 1. The maximum absolute atomic E-state index is 6.01. The number of likely N-dealkylation sites (tertiary alicyclic amines) is 1. The summed E-state index contributed by atoms with van der Waals surface area (Å²) in [5.41, 5.74) is 7.04. The van der Waals surface area contributed by atoms with Crippen molar-refractivity contribution in [2.75, 3.05) is 13.1 Å². The Morgan fingerprint density at radius 3 is 2.40 bits per heavy atom. The molecule has 1 aromatic carbocycles. The van der Waals surface area contributed by atoms with E-state index in [4.69, 9.17) is 4.74 Å². The molecular formula is C21H27NOSSi. The van der Waals surface area contributed by atoms with Crippen molar-refractivity contribution in [3.05, 3.63) is 51.7 Å². The number of nitrogens with zero attached hydrogens (tertiary/aromatic N) is 1. The second-order valence-corrected chi connectivity index (χ2v) is 13.2. The fourth-order valence-electron chi connectivity index (χ4n) is 2.84. The molecule has 4 heteroatoms. The van der Waals surface area contributed by atoms with Gasteiger partial charge in [0.25, 0.3) is 0 Å². The van der Waals surface area contributed by atoms with Crippen LogP contribution in [0.25, 0.3) is 0 Å². The molecule has 0 bridgehead atoms. The molecule has 2 aromatic rings. The van der Waals surface area contributed by atoms with E-state index >= 15 is 0 Å². The number of ether oxygens (including phenoxy) is 1. The molecular weight excluding hydrogens is 342 g/mol. The highest BCUT2D eigenvalue weighted by Crippen LogP contribution is 2.24. The molecule has 2 heterocycles. The summed E-state index contributed by atoms with van der Waals surface area (Å²) in [6, 6.07) is 8.84. The molecule has 1 aliphatic rings. The fraction of sp³-hybridized carbons (Fsp3) is 0.429. The van der Waals surface area contributed by atoms with Gasteiger partial charge in [-0.25, -0.2) is 0 Å². The van der Waals surface area contributed by atoms with Crippen LogP contribution in [0.15, 0.2) is 35.0 Å². The Morgan fingerprint density at radius 1 is 1.04 bits per heavy atom. The minimum absolute atomic E-state index is 0.600. The Hall–Kier alpha value is -1.54. The summed E-state index contributed by atoms with van der Waals surface area (Å²) in [7, 11) is -1.36. The molecule has 0 aliphatic carbocycles. The monoisotopic (exact) mass is 369 g/mol. The summed E-state index contributed by atoms with van der Waals surface area (Å²) in [5, 5.41) is 4.14. The third kappa shape index (κ3) is 5.74. The van der Waals surface area contributed by atoms with Crippen molar-refractivity contribution in [3.63, 3.8) is 0 Å². The third-order valence-electron chi connectivity index (χ3n) is 4.22. The minimum Gasteiger partial charge on any atom is -0.487 e. The lowest BCUT2D eigenvalue weighted by molar-refractivity contribution is 0.306. The molecule has 0 atom stereocenters. The molecule has 25 heavy (non-hydrogen) atoms. The molecule has 0 amide bonds. The van der Waals surface area contributed by atoms with Crippen molar-refractivity contribution in [3.8, 4) is 17.2 Å². The average molecular weight is 370 g/mol. The lowest BCUT2D eigenvalue weighted by atomic mass is 10.1. The van der Waals surface area contributed by atoms with Gasteiger partial charge in [-0.2, -0.15) is 0 Å². The molecule has 3 rings (SSSR count). The average Bonchev–Trinajstić information content (AvgIpc) is 3.23. The predicted octanol–water partition coefficient (Wildman–Crippen LogP) is 5.15. The zero-order valence-electron chi connectivity index (χ0n) is 15.5. The molecule has 0 N–H and O–H groups in total. The van der Waals surface area contributed by atoms with Gasteiger partial charge < -0.3 is 4.74 Å². The van der Waals surface area contributed by atoms with Gasteiger partial charge in [-0.1, -0.05) is 49.8 Å². The van der Waals surface area contributed by atoms with E-state index in [2.05, 4.69) is 71.0 Å². The van der Waals surface area contributed by atoms with E-state index in [0.29, 0.717) is 6.61 Å². The van der Waals surface area contributed by atoms with E-state index in [1.807, 2.05) is 0 Å². The topological polar surface area (TPSA) is 12.5 Å². The van der Waals surface area contributed by atoms with Gasteiger partial charge in [-0.3, -0.25) is 4.90 Å². The van der Waals surface area contributed by atoms with E-state index in [1.54, 1.807) is 11.3 Å². The predicted molar refractivity (Wildman–Crippen MR) is 110 cm³/mol. The van der Waals surface area contributed by atoms with Crippen molar-refractivity contribution in [2.24, 2.45) is 0 Å². The minimum atomic E-state index is -1.36. The van der Waals surface area contributed by atoms with Crippen LogP contribution in [0.3, 0.4) is 0 Å². The molecule has 1 saturated heterocycles. The summed E-state index contributed by atoms with van der Waals surface area (Å²) in [6.45, 7) is 10.9. The third-order valence-corrected chi connectivity index (χ3v) is 5.82. The Morgan fingerprint density at radius 2 is 1.72 bits per heavy atom. The Balaban J connectivity index is 1.57. The van der Waals surface area contributed by atoms with Gasteiger partial charge in [-0.05, 0) is 37.1 Å². The van der Waals surface area contributed by atoms with Gasteiger partial charge in [0.15, 0.2) is 0 Å². The smallest absolute Gasteiger partial charge is 0.146 e. The van der Waals surface area contributed by atoms with Gasteiger partial charge in [0.1, 0.15) is 20.4 Å². The van der Waals surface area contributed by atoms with E-state index < -0.39 is 8.07 Å². The molecule has 1 aliphatic heterocycles. The maximum atomic E-state index is 6.01. The van der Waals surface area contributed by atoms with Crippen LogP contribution in [0, 0.1) is 11.5 Å². The molecule has 1 aromatic heterocycles. The van der Waals surface area contributed by atoms with Crippen molar-refractivity contribution < 1.29 is 4.74 Å². The summed E-state index contributed by atoms with van der Waals surface area (Å²) in [4.78, 5) is 2.53. The van der Waals surface area contributed by atoms with Gasteiger partial charge in [0.05, 0.1) is 5.56 Å². The van der Waals surface area contributed by atoms with Crippen LogP contribution in [-0.2, 0) is 13.2 Å². The number of thiophene rings is 1. The molecule has 0 spiro atoms. The highest BCUT2D eigenvalue weighted by Gasteiger charge is 2.12. The molecule has 0 radical (unpaired) electrons. The molecule has 132 valence electrons. The lowest BCUT2D eigenvalue weighted by Gasteiger charge is -2.14. The Labute approximate surface area is 156 Å². The van der Waals surface area contributed by atoms with Gasteiger partial charge in [0.2, 0.25) is 0 Å². The zero-order valence-corrected chi connectivity index (χ0v) is 17.3. The van der Waals surface area contributed by atoms with E-state index in [9.17, 15) is 0 Å². The second kappa shape index (κ2) is 8.22. The number of hydrogen-bond acceptors (Lipinski definition) is 3. The van der Waals surface area contributed by atoms with Crippen LogP contribution in [-0.4, -0.2) is 26.1 Å². The molecule has 2 nitrogen and oxygen atoms in total. The quantitative estimate of drug-likeness (QED) is 0.534. The highest BCUT2D eigenvalue weighted by molar-refractivity contribution is 7.08. The summed E-state index contributed by atoms with van der Waals surface area (Å²) in [5.74, 6) is 4.22. The highest BCUT2D eigenvalue weighted by atomic mass is 32.1. The van der Waals surface area contributed by atoms with Crippen LogP contribution in [0.4, 0.5) is 0 Å². The van der Waals surface area contributed by atoms with E-state index in [0.717, 1.165) is 17.9 Å². The number of hydrogen-bond donors (Lipinski definition) is 0. The lowest BCUT2D eigenvalue weighted by Crippen LogP contribution is -2.18. The summed E-state index contributed by atoms with van der Waals surface area (Å²) in [6.07, 6.45) is 2.69. The van der Waals surface area contributed by atoms with Crippen molar-refractivity contribution in [1.82, 2.24) is 4.90 Å². The zero-order chi connectivity index (χ0) is 17.7. The summed E-state index contributed by atoms with van der Waals surface area (Å²) < 4.78 is 6.01. The first-order valence-electron chi connectivity index (χ1n) is 9.02. The Bertz CT molecular complexity index is 743. The molecule has 1 fully saturated rings. The van der Waals surface area contributed by atoms with Gasteiger partial charge in [-0.15, -0.1) is 16.9 Å². The number of rotatable bonds is 5. The van der Waals surface area contributed by atoms with Crippen molar-refractivity contribution in [1.29, 1.82) is 0 Å². The van der Waals surface area contributed by atoms with Gasteiger partial charge in [0, 0.05) is 17.3 Å². The second-order valence-electron chi connectivity index (χ2n) is 7.74. The standard InChI is InChI=1S/C21H27NOSSi/c1-25(2,3)13-10-20-16-24-17-21(20)23-15-19-8-6-18(7-9-19)14-22-11-4-5-12-22/h6-9,16-17H,4-5,11-12,14-15H2,1-3H3. The molecule has 0 saturated carbocycles. The van der Waals surface area contributed by atoms with Crippen LogP contribution in [0.2, 0.25) is 19.6 Å². The Kier molecular flexibility index (Phi) is 6.00. The normalized spacial score (nSPS) is 15.0. The fourth-order valence-corrected chi connectivity index (χ4v) is 4.05. The van der Waals surface area contributed by atoms with Gasteiger partial charge >= 0.3 is 0 Å². The SMILES string of the molecule is C[Si](C)(C)C#Cc1cscc1OCc1ccc(CN2CCCC2)cc1. The first-order valence-corrected chi connectivity index (χ1v) is 13.5. The largest absolute Gasteiger partial charge is 0.487 e. The first-order chi connectivity index (χ1) is 12.0. The van der Waals surface area contributed by atoms with Crippen LogP contribution in [0.5, 0.6) is 5.75 Å². The van der Waals surface area contributed by atoms with Crippen LogP contribution < -0.4 is 4.74 Å². The van der Waals surface area contributed by atoms with Crippen LogP contribution in [0.1, 0.15) is 29.5 Å². The molecule has 0 unspecified atom stereocenters.